The molecular weight excluding hydrogens is 408 g/mol. The van der Waals surface area contributed by atoms with Crippen molar-refractivity contribution in [2.45, 2.75) is 44.9 Å². The highest BCUT2D eigenvalue weighted by Crippen LogP contribution is 2.60. The van der Waals surface area contributed by atoms with Gasteiger partial charge in [-0.3, -0.25) is 0 Å². The highest BCUT2D eigenvalue weighted by Gasteiger charge is 2.52. The molecule has 6 rings (SSSR count). The molecule has 34 heavy (non-hydrogen) atoms. The van der Waals surface area contributed by atoms with Crippen molar-refractivity contribution in [3.63, 3.8) is 0 Å². The van der Waals surface area contributed by atoms with E-state index in [9.17, 15) is 0 Å². The third-order valence-corrected chi connectivity index (χ3v) is 8.12. The number of aryl methyl sites for hydroxylation is 2. The Morgan fingerprint density at radius 2 is 1.44 bits per heavy atom. The van der Waals surface area contributed by atoms with Gasteiger partial charge >= 0.3 is 0 Å². The van der Waals surface area contributed by atoms with E-state index in [1.54, 1.807) is 0 Å². The van der Waals surface area contributed by atoms with Gasteiger partial charge in [0.25, 0.3) is 0 Å². The maximum absolute atomic E-state index is 2.53. The topological polar surface area (TPSA) is 0 Å². The lowest BCUT2D eigenvalue weighted by Gasteiger charge is -2.40. The lowest BCUT2D eigenvalue weighted by molar-refractivity contribution is 0.476. The van der Waals surface area contributed by atoms with Crippen molar-refractivity contribution in [1.29, 1.82) is 0 Å². The second kappa shape index (κ2) is 8.44. The minimum Gasteiger partial charge on any atom is -0.0654 e. The summed E-state index contributed by atoms with van der Waals surface area (Å²) in [7, 11) is 0. The van der Waals surface area contributed by atoms with Gasteiger partial charge in [0.05, 0.1) is 5.41 Å². The van der Waals surface area contributed by atoms with Crippen LogP contribution in [0.15, 0.2) is 97.1 Å². The molecule has 168 valence electrons. The third kappa shape index (κ3) is 3.12. The van der Waals surface area contributed by atoms with Crippen molar-refractivity contribution in [2.75, 3.05) is 0 Å². The van der Waals surface area contributed by atoms with Gasteiger partial charge < -0.3 is 0 Å². The van der Waals surface area contributed by atoms with Gasteiger partial charge in [0.2, 0.25) is 0 Å². The molecule has 0 saturated carbocycles. The number of fused-ring (bicyclic) bond motifs is 4. The molecule has 0 saturated heterocycles. The second-order valence-electron chi connectivity index (χ2n) is 10.0. The van der Waals surface area contributed by atoms with Crippen LogP contribution in [-0.4, -0.2) is 0 Å². The fourth-order valence-corrected chi connectivity index (χ4v) is 6.64. The Bertz CT molecular complexity index is 1320. The number of hydrogen-bond acceptors (Lipinski definition) is 0. The molecule has 0 spiro atoms. The summed E-state index contributed by atoms with van der Waals surface area (Å²) in [4.78, 5) is 0. The Morgan fingerprint density at radius 1 is 0.794 bits per heavy atom. The first-order valence-corrected chi connectivity index (χ1v) is 12.8. The molecule has 0 nitrogen and oxygen atoms in total. The molecule has 0 aliphatic heterocycles. The average molecular weight is 441 g/mol. The van der Waals surface area contributed by atoms with Crippen molar-refractivity contribution in [3.05, 3.63) is 142 Å². The summed E-state index contributed by atoms with van der Waals surface area (Å²) in [5.41, 5.74) is 12.9. The van der Waals surface area contributed by atoms with Gasteiger partial charge in [-0.05, 0) is 76.3 Å². The maximum Gasteiger partial charge on any atom is 0.0529 e. The normalized spacial score (nSPS) is 17.5. The number of unbranched alkanes of at least 4 members (excludes halogenated alkanes) is 1. The Morgan fingerprint density at radius 3 is 2.12 bits per heavy atom. The Balaban J connectivity index is 1.63. The lowest BCUT2D eigenvalue weighted by Crippen LogP contribution is -2.36. The highest BCUT2D eigenvalue weighted by atomic mass is 14.5. The third-order valence-electron chi connectivity index (χ3n) is 8.12. The fraction of sp³-hybridized carbons (Fsp3) is 0.235. The molecule has 0 heteroatoms. The van der Waals surface area contributed by atoms with E-state index in [4.69, 9.17) is 0 Å². The van der Waals surface area contributed by atoms with Gasteiger partial charge in [-0.15, -0.1) is 0 Å². The molecule has 0 bridgehead atoms. The smallest absolute Gasteiger partial charge is 0.0529 e. The molecule has 2 aliphatic rings. The summed E-state index contributed by atoms with van der Waals surface area (Å²) >= 11 is 0. The summed E-state index contributed by atoms with van der Waals surface area (Å²) in [6, 6.07) is 36.5. The highest BCUT2D eigenvalue weighted by molar-refractivity contribution is 5.93. The first-order chi connectivity index (χ1) is 16.7. The molecule has 0 N–H and O–H groups in total. The van der Waals surface area contributed by atoms with Crippen molar-refractivity contribution in [2.24, 2.45) is 5.92 Å². The second-order valence-corrected chi connectivity index (χ2v) is 10.0. The predicted octanol–water partition coefficient (Wildman–Crippen LogP) is 8.40. The Kier molecular flexibility index (Phi) is 5.26. The van der Waals surface area contributed by atoms with E-state index >= 15 is 0 Å². The SMILES string of the molecule is CCCCc1cc(C)c2c(c1)C=C1c3ccccc3C(c3ccccc3)(c3ccccc3)[C@H]1C2. The van der Waals surface area contributed by atoms with E-state index in [-0.39, 0.29) is 5.41 Å². The predicted molar refractivity (Wildman–Crippen MR) is 144 cm³/mol. The van der Waals surface area contributed by atoms with Crippen LogP contribution in [0, 0.1) is 12.8 Å². The van der Waals surface area contributed by atoms with Crippen LogP contribution in [0.2, 0.25) is 0 Å². The van der Waals surface area contributed by atoms with Crippen LogP contribution in [0.5, 0.6) is 0 Å². The number of hydrogen-bond donors (Lipinski definition) is 0. The van der Waals surface area contributed by atoms with E-state index in [0.29, 0.717) is 5.92 Å². The fourth-order valence-electron chi connectivity index (χ4n) is 6.64. The van der Waals surface area contributed by atoms with E-state index in [0.717, 1.165) is 6.42 Å². The molecular formula is C34H32. The Hall–Kier alpha value is -3.38. The van der Waals surface area contributed by atoms with Gasteiger partial charge in [0.15, 0.2) is 0 Å². The molecule has 2 aliphatic carbocycles. The lowest BCUT2D eigenvalue weighted by atomic mass is 9.61. The Labute approximate surface area is 204 Å². The van der Waals surface area contributed by atoms with Crippen molar-refractivity contribution in [1.82, 2.24) is 0 Å². The quantitative estimate of drug-likeness (QED) is 0.292. The molecule has 0 aromatic heterocycles. The van der Waals surface area contributed by atoms with Gasteiger partial charge in [0.1, 0.15) is 0 Å². The van der Waals surface area contributed by atoms with Crippen LogP contribution in [-0.2, 0) is 18.3 Å². The van der Waals surface area contributed by atoms with Crippen molar-refractivity contribution >= 4 is 11.6 Å². The summed E-state index contributed by atoms with van der Waals surface area (Å²) in [5.74, 6) is 0.377. The van der Waals surface area contributed by atoms with Crippen molar-refractivity contribution < 1.29 is 0 Å². The zero-order valence-electron chi connectivity index (χ0n) is 20.2. The molecule has 0 radical (unpaired) electrons. The van der Waals surface area contributed by atoms with Crippen molar-refractivity contribution in [3.8, 4) is 0 Å². The average Bonchev–Trinajstić information content (AvgIpc) is 3.18. The van der Waals surface area contributed by atoms with Gasteiger partial charge in [-0.2, -0.15) is 0 Å². The monoisotopic (exact) mass is 440 g/mol. The number of allylic oxidation sites excluding steroid dienone is 1. The summed E-state index contributed by atoms with van der Waals surface area (Å²) in [5, 5.41) is 0. The van der Waals surface area contributed by atoms with Crippen LogP contribution < -0.4 is 0 Å². The number of rotatable bonds is 5. The van der Waals surface area contributed by atoms with E-state index < -0.39 is 0 Å². The van der Waals surface area contributed by atoms with E-state index in [1.807, 2.05) is 0 Å². The molecule has 1 atom stereocenters. The largest absolute Gasteiger partial charge is 0.0654 e. The summed E-state index contributed by atoms with van der Waals surface area (Å²) in [6.45, 7) is 4.60. The zero-order valence-corrected chi connectivity index (χ0v) is 20.2. The summed E-state index contributed by atoms with van der Waals surface area (Å²) < 4.78 is 0. The van der Waals surface area contributed by atoms with Crippen LogP contribution in [0.1, 0.15) is 64.3 Å². The molecule has 0 unspecified atom stereocenters. The molecule has 4 aromatic rings. The maximum atomic E-state index is 2.53. The minimum absolute atomic E-state index is 0.185. The molecule has 0 amide bonds. The van der Waals surface area contributed by atoms with Gasteiger partial charge in [0, 0.05) is 5.92 Å². The van der Waals surface area contributed by atoms with Crippen LogP contribution >= 0.6 is 0 Å². The van der Waals surface area contributed by atoms with E-state index in [1.165, 1.54) is 69.3 Å². The van der Waals surface area contributed by atoms with Crippen LogP contribution in [0.3, 0.4) is 0 Å². The number of benzene rings is 4. The van der Waals surface area contributed by atoms with Crippen LogP contribution in [0.4, 0.5) is 0 Å². The first-order valence-electron chi connectivity index (χ1n) is 12.8. The van der Waals surface area contributed by atoms with Gasteiger partial charge in [-0.25, -0.2) is 0 Å². The van der Waals surface area contributed by atoms with Gasteiger partial charge in [-0.1, -0.05) is 116 Å². The van der Waals surface area contributed by atoms with E-state index in [2.05, 4.69) is 117 Å². The molecule has 0 fully saturated rings. The zero-order chi connectivity index (χ0) is 23.1. The standard InChI is InChI=1S/C34H32/c1-3-4-13-25-20-24(2)30-23-33-31(22-26(30)21-25)29-18-11-12-19-32(29)34(33,27-14-7-5-8-15-27)28-16-9-6-10-17-28/h5-12,14-22,33H,3-4,13,23H2,1-2H3/t33-/m0/s1. The minimum atomic E-state index is -0.185. The molecule has 0 heterocycles. The molecule has 4 aromatic carbocycles. The summed E-state index contributed by atoms with van der Waals surface area (Å²) in [6.07, 6.45) is 7.26. The van der Waals surface area contributed by atoms with Crippen LogP contribution in [0.25, 0.3) is 11.6 Å². The first kappa shape index (κ1) is 21.2.